The maximum atomic E-state index is 11.2. The molecule has 1 heterocycles. The van der Waals surface area contributed by atoms with Gasteiger partial charge in [0.05, 0.1) is 6.20 Å². The van der Waals surface area contributed by atoms with Gasteiger partial charge in [0.2, 0.25) is 0 Å². The van der Waals surface area contributed by atoms with Crippen LogP contribution in [0.5, 0.6) is 0 Å². The van der Waals surface area contributed by atoms with E-state index in [0.717, 1.165) is 0 Å². The van der Waals surface area contributed by atoms with Crippen LogP contribution in [0.2, 0.25) is 0 Å². The number of H-pyrrole nitrogens is 1. The summed E-state index contributed by atoms with van der Waals surface area (Å²) in [5, 5.41) is 9.25. The second-order valence-electron chi connectivity index (χ2n) is 2.91. The molecule has 86 valence electrons. The van der Waals surface area contributed by atoms with Crippen molar-refractivity contribution in [2.75, 3.05) is 13.2 Å². The van der Waals surface area contributed by atoms with E-state index in [4.69, 9.17) is 9.47 Å². The molecule has 7 nitrogen and oxygen atoms in total. The fourth-order valence-corrected chi connectivity index (χ4v) is 0.766. The zero-order valence-corrected chi connectivity index (χ0v) is 8.73. The molecule has 7 heteroatoms. The van der Waals surface area contributed by atoms with Crippen LogP contribution in [-0.2, 0) is 14.3 Å². The van der Waals surface area contributed by atoms with Crippen molar-refractivity contribution < 1.29 is 19.1 Å². The van der Waals surface area contributed by atoms with Crippen LogP contribution in [0.4, 0.5) is 0 Å². The number of carbonyl (C=O) groups excluding carboxylic acids is 2. The highest BCUT2D eigenvalue weighted by molar-refractivity contribution is 5.87. The Bertz CT molecular complexity index is 385. The average Bonchev–Trinajstić information content (AvgIpc) is 2.76. The van der Waals surface area contributed by atoms with E-state index in [1.807, 2.05) is 0 Å². The molecule has 1 N–H and O–H groups in total. The van der Waals surface area contributed by atoms with E-state index in [1.165, 1.54) is 13.1 Å². The largest absolute Gasteiger partial charge is 0.459 e. The number of aromatic nitrogens is 3. The summed E-state index contributed by atoms with van der Waals surface area (Å²) in [5.41, 5.74) is 0.369. The second kappa shape index (κ2) is 5.64. The lowest BCUT2D eigenvalue weighted by atomic mass is 10.4. The third kappa shape index (κ3) is 3.52. The molecule has 1 aromatic rings. The summed E-state index contributed by atoms with van der Waals surface area (Å²) < 4.78 is 9.46. The van der Waals surface area contributed by atoms with Crippen LogP contribution in [0.1, 0.15) is 17.4 Å². The Kier molecular flexibility index (Phi) is 4.19. The molecule has 1 aromatic heterocycles. The predicted octanol–water partition coefficient (Wildman–Crippen LogP) is 0.0808. The van der Waals surface area contributed by atoms with E-state index >= 15 is 0 Å². The van der Waals surface area contributed by atoms with Crippen molar-refractivity contribution in [3.8, 4) is 0 Å². The number of rotatable bonds is 5. The first-order valence-corrected chi connectivity index (χ1v) is 4.47. The minimum atomic E-state index is -0.625. The Balaban J connectivity index is 2.19. The van der Waals surface area contributed by atoms with Gasteiger partial charge in [0.1, 0.15) is 13.2 Å². The fourth-order valence-electron chi connectivity index (χ4n) is 0.766. The molecule has 0 saturated heterocycles. The van der Waals surface area contributed by atoms with Gasteiger partial charge in [-0.2, -0.15) is 10.3 Å². The van der Waals surface area contributed by atoms with Crippen molar-refractivity contribution in [1.82, 2.24) is 15.4 Å². The molecule has 0 aliphatic rings. The SMILES string of the molecule is C=C(C)C(=O)OCCOC(=O)c1cn[nH]n1. The topological polar surface area (TPSA) is 94.2 Å². The van der Waals surface area contributed by atoms with Gasteiger partial charge in [-0.15, -0.1) is 5.10 Å². The third-order valence-corrected chi connectivity index (χ3v) is 1.52. The van der Waals surface area contributed by atoms with Gasteiger partial charge in [0.25, 0.3) is 0 Å². The van der Waals surface area contributed by atoms with E-state index in [9.17, 15) is 9.59 Å². The highest BCUT2D eigenvalue weighted by Crippen LogP contribution is 1.95. The number of hydrogen-bond acceptors (Lipinski definition) is 6. The normalized spacial score (nSPS) is 9.56. The molecule has 0 amide bonds. The van der Waals surface area contributed by atoms with E-state index in [2.05, 4.69) is 22.0 Å². The zero-order valence-electron chi connectivity index (χ0n) is 8.73. The molecular weight excluding hydrogens is 214 g/mol. The summed E-state index contributed by atoms with van der Waals surface area (Å²) in [4.78, 5) is 22.1. The van der Waals surface area contributed by atoms with Crippen LogP contribution in [-0.4, -0.2) is 40.6 Å². The fraction of sp³-hybridized carbons (Fsp3) is 0.333. The van der Waals surface area contributed by atoms with Crippen LogP contribution in [0.15, 0.2) is 18.3 Å². The first-order valence-electron chi connectivity index (χ1n) is 4.47. The van der Waals surface area contributed by atoms with Crippen molar-refractivity contribution >= 4 is 11.9 Å². The van der Waals surface area contributed by atoms with Gasteiger partial charge in [-0.3, -0.25) is 0 Å². The Labute approximate surface area is 91.4 Å². The van der Waals surface area contributed by atoms with Gasteiger partial charge < -0.3 is 9.47 Å². The molecule has 0 aliphatic carbocycles. The minimum absolute atomic E-state index is 0.0186. The summed E-state index contributed by atoms with van der Waals surface area (Å²) in [6, 6.07) is 0. The van der Waals surface area contributed by atoms with Gasteiger partial charge >= 0.3 is 11.9 Å². The lowest BCUT2D eigenvalue weighted by Gasteiger charge is -2.04. The molecule has 0 spiro atoms. The van der Waals surface area contributed by atoms with Crippen LogP contribution in [0, 0.1) is 0 Å². The summed E-state index contributed by atoms with van der Waals surface area (Å²) in [6.07, 6.45) is 1.24. The Morgan fingerprint density at radius 3 is 2.69 bits per heavy atom. The Hall–Kier alpha value is -2.18. The van der Waals surface area contributed by atoms with Gasteiger partial charge in [-0.25, -0.2) is 9.59 Å². The number of ether oxygens (including phenoxy) is 2. The first kappa shape index (κ1) is 11.9. The minimum Gasteiger partial charge on any atom is -0.459 e. The maximum Gasteiger partial charge on any atom is 0.360 e. The van der Waals surface area contributed by atoms with Crippen LogP contribution in [0.25, 0.3) is 0 Å². The zero-order chi connectivity index (χ0) is 12.0. The van der Waals surface area contributed by atoms with Crippen molar-refractivity contribution in [3.05, 3.63) is 24.0 Å². The molecule has 0 bridgehead atoms. The predicted molar refractivity (Wildman–Crippen MR) is 52.4 cm³/mol. The van der Waals surface area contributed by atoms with Gasteiger partial charge in [-0.05, 0) is 6.92 Å². The average molecular weight is 225 g/mol. The highest BCUT2D eigenvalue weighted by Gasteiger charge is 2.10. The monoisotopic (exact) mass is 225 g/mol. The van der Waals surface area contributed by atoms with Crippen LogP contribution < -0.4 is 0 Å². The molecule has 0 aliphatic heterocycles. The second-order valence-corrected chi connectivity index (χ2v) is 2.91. The molecule has 1 rings (SSSR count). The lowest BCUT2D eigenvalue weighted by Crippen LogP contribution is -2.14. The van der Waals surface area contributed by atoms with E-state index in [1.54, 1.807) is 0 Å². The van der Waals surface area contributed by atoms with E-state index in [0.29, 0.717) is 5.57 Å². The third-order valence-electron chi connectivity index (χ3n) is 1.52. The van der Waals surface area contributed by atoms with Crippen molar-refractivity contribution in [2.24, 2.45) is 0 Å². The highest BCUT2D eigenvalue weighted by atomic mass is 16.6. The number of aromatic amines is 1. The molecule has 0 atom stereocenters. The maximum absolute atomic E-state index is 11.2. The summed E-state index contributed by atoms with van der Waals surface area (Å²) >= 11 is 0. The summed E-state index contributed by atoms with van der Waals surface area (Å²) in [7, 11) is 0. The number of nitrogens with one attached hydrogen (secondary N) is 1. The van der Waals surface area contributed by atoms with Crippen LogP contribution >= 0.6 is 0 Å². The van der Waals surface area contributed by atoms with Gasteiger partial charge in [-0.1, -0.05) is 6.58 Å². The van der Waals surface area contributed by atoms with E-state index in [-0.39, 0.29) is 18.9 Å². The number of nitrogens with zero attached hydrogens (tertiary/aromatic N) is 2. The summed E-state index contributed by atoms with van der Waals surface area (Å²) in [6.45, 7) is 4.88. The lowest BCUT2D eigenvalue weighted by molar-refractivity contribution is -0.140. The van der Waals surface area contributed by atoms with Crippen molar-refractivity contribution in [1.29, 1.82) is 0 Å². The quantitative estimate of drug-likeness (QED) is 0.433. The molecule has 16 heavy (non-hydrogen) atoms. The Morgan fingerprint density at radius 1 is 1.44 bits per heavy atom. The van der Waals surface area contributed by atoms with E-state index < -0.39 is 11.9 Å². The Morgan fingerprint density at radius 2 is 2.12 bits per heavy atom. The molecule has 0 unspecified atom stereocenters. The molecule has 0 aromatic carbocycles. The number of carbonyl (C=O) groups is 2. The molecular formula is C9H11N3O4. The number of hydrogen-bond donors (Lipinski definition) is 1. The molecule has 0 radical (unpaired) electrons. The number of esters is 2. The first-order chi connectivity index (χ1) is 7.61. The standard InChI is InChI=1S/C9H11N3O4/c1-6(2)8(13)15-3-4-16-9(14)7-5-10-12-11-7/h5H,1,3-4H2,2H3,(H,10,11,12). The molecule has 0 saturated carbocycles. The van der Waals surface area contributed by atoms with Crippen molar-refractivity contribution in [2.45, 2.75) is 6.92 Å². The van der Waals surface area contributed by atoms with Gasteiger partial charge in [0, 0.05) is 5.57 Å². The molecule has 0 fully saturated rings. The van der Waals surface area contributed by atoms with Gasteiger partial charge in [0.15, 0.2) is 5.69 Å². The van der Waals surface area contributed by atoms with Crippen LogP contribution in [0.3, 0.4) is 0 Å². The van der Waals surface area contributed by atoms with Crippen molar-refractivity contribution in [3.63, 3.8) is 0 Å². The smallest absolute Gasteiger partial charge is 0.360 e. The summed E-state index contributed by atoms with van der Waals surface area (Å²) in [5.74, 6) is -1.14.